The third kappa shape index (κ3) is 3.06. The molecular weight excluding hydrogens is 282 g/mol. The smallest absolute Gasteiger partial charge is 0.348 e. The second kappa shape index (κ2) is 5.58. The highest BCUT2D eigenvalue weighted by molar-refractivity contribution is 7.20. The van der Waals surface area contributed by atoms with Crippen LogP contribution in [0.5, 0.6) is 0 Å². The third-order valence-corrected chi connectivity index (χ3v) is 4.29. The number of hydrogen-bond acceptors (Lipinski definition) is 4. The van der Waals surface area contributed by atoms with E-state index >= 15 is 0 Å². The lowest BCUT2D eigenvalue weighted by molar-refractivity contribution is 0.0478. The van der Waals surface area contributed by atoms with E-state index in [4.69, 9.17) is 10.5 Å². The van der Waals surface area contributed by atoms with Crippen molar-refractivity contribution in [3.05, 3.63) is 64.5 Å². The lowest BCUT2D eigenvalue weighted by atomic mass is 10.1. The van der Waals surface area contributed by atoms with E-state index in [1.54, 1.807) is 0 Å². The molecule has 3 nitrogen and oxygen atoms in total. The Balaban J connectivity index is 1.74. The number of nitrogens with two attached hydrogens (primary N) is 1. The van der Waals surface area contributed by atoms with Crippen molar-refractivity contribution in [3.63, 3.8) is 0 Å². The Bertz CT molecular complexity index is 807. The summed E-state index contributed by atoms with van der Waals surface area (Å²) in [6.07, 6.45) is 0. The number of fused-ring (bicyclic) bond motifs is 1. The number of carbonyl (C=O) groups is 1. The van der Waals surface area contributed by atoms with E-state index in [9.17, 15) is 4.79 Å². The van der Waals surface area contributed by atoms with Crippen LogP contribution in [0.4, 0.5) is 5.69 Å². The fourth-order valence-corrected chi connectivity index (χ4v) is 3.12. The van der Waals surface area contributed by atoms with E-state index in [1.165, 1.54) is 11.3 Å². The summed E-state index contributed by atoms with van der Waals surface area (Å²) in [7, 11) is 0. The molecule has 0 atom stereocenters. The number of nitrogen functional groups attached to an aromatic ring is 1. The summed E-state index contributed by atoms with van der Waals surface area (Å²) in [6, 6.07) is 15.4. The number of anilines is 1. The van der Waals surface area contributed by atoms with Crippen molar-refractivity contribution >= 4 is 33.1 Å². The molecule has 3 aromatic rings. The minimum atomic E-state index is -0.295. The number of thiophene rings is 1. The van der Waals surface area contributed by atoms with Crippen LogP contribution >= 0.6 is 11.3 Å². The summed E-state index contributed by atoms with van der Waals surface area (Å²) in [5, 5.41) is 0.975. The molecule has 21 heavy (non-hydrogen) atoms. The van der Waals surface area contributed by atoms with E-state index in [1.807, 2.05) is 55.5 Å². The van der Waals surface area contributed by atoms with E-state index in [-0.39, 0.29) is 12.6 Å². The van der Waals surface area contributed by atoms with Crippen LogP contribution in [0.15, 0.2) is 48.5 Å². The SMILES string of the molecule is Cc1cccc(COC(=O)c2cc3cc(N)ccc3s2)c1. The number of benzene rings is 2. The van der Waals surface area contributed by atoms with Gasteiger partial charge in [0.2, 0.25) is 0 Å². The lowest BCUT2D eigenvalue weighted by Gasteiger charge is -2.04. The quantitative estimate of drug-likeness (QED) is 0.583. The number of hydrogen-bond donors (Lipinski definition) is 1. The summed E-state index contributed by atoms with van der Waals surface area (Å²) < 4.78 is 6.40. The summed E-state index contributed by atoms with van der Waals surface area (Å²) >= 11 is 1.42. The summed E-state index contributed by atoms with van der Waals surface area (Å²) in [5.74, 6) is -0.295. The Kier molecular flexibility index (Phi) is 3.62. The van der Waals surface area contributed by atoms with E-state index < -0.39 is 0 Å². The molecule has 0 saturated heterocycles. The first-order valence-electron chi connectivity index (χ1n) is 6.63. The molecule has 1 aromatic heterocycles. The zero-order valence-electron chi connectivity index (χ0n) is 11.6. The van der Waals surface area contributed by atoms with E-state index in [0.29, 0.717) is 10.6 Å². The van der Waals surface area contributed by atoms with Gasteiger partial charge >= 0.3 is 5.97 Å². The van der Waals surface area contributed by atoms with Gasteiger partial charge in [-0.2, -0.15) is 0 Å². The Hall–Kier alpha value is -2.33. The number of aryl methyl sites for hydroxylation is 1. The Morgan fingerprint density at radius 1 is 1.19 bits per heavy atom. The first kappa shape index (κ1) is 13.6. The molecular formula is C17H15NO2S. The van der Waals surface area contributed by atoms with Crippen LogP contribution in [-0.4, -0.2) is 5.97 Å². The first-order chi connectivity index (χ1) is 10.1. The molecule has 0 fully saturated rings. The molecule has 0 spiro atoms. The van der Waals surface area contributed by atoms with Gasteiger partial charge in [0.05, 0.1) is 0 Å². The molecule has 2 aromatic carbocycles. The van der Waals surface area contributed by atoms with Crippen LogP contribution in [-0.2, 0) is 11.3 Å². The molecule has 0 bridgehead atoms. The van der Waals surface area contributed by atoms with Crippen molar-refractivity contribution in [2.24, 2.45) is 0 Å². The molecule has 0 saturated carbocycles. The largest absolute Gasteiger partial charge is 0.457 e. The normalized spacial score (nSPS) is 10.7. The fourth-order valence-electron chi connectivity index (χ4n) is 2.18. The molecule has 4 heteroatoms. The van der Waals surface area contributed by atoms with Crippen molar-refractivity contribution < 1.29 is 9.53 Å². The predicted molar refractivity (Wildman–Crippen MR) is 86.5 cm³/mol. The van der Waals surface area contributed by atoms with Gasteiger partial charge in [-0.1, -0.05) is 29.8 Å². The predicted octanol–water partition coefficient (Wildman–Crippen LogP) is 4.15. The van der Waals surface area contributed by atoms with Gasteiger partial charge in [-0.05, 0) is 42.1 Å². The van der Waals surface area contributed by atoms with Crippen molar-refractivity contribution in [2.45, 2.75) is 13.5 Å². The van der Waals surface area contributed by atoms with Gasteiger partial charge < -0.3 is 10.5 Å². The minimum Gasteiger partial charge on any atom is -0.457 e. The van der Waals surface area contributed by atoms with Crippen LogP contribution in [0.1, 0.15) is 20.8 Å². The number of esters is 1. The van der Waals surface area contributed by atoms with Crippen LogP contribution in [0.2, 0.25) is 0 Å². The molecule has 106 valence electrons. The molecule has 0 unspecified atom stereocenters. The number of carbonyl (C=O) groups excluding carboxylic acids is 1. The van der Waals surface area contributed by atoms with Gasteiger partial charge in [0.15, 0.2) is 0 Å². The maximum Gasteiger partial charge on any atom is 0.348 e. The lowest BCUT2D eigenvalue weighted by Crippen LogP contribution is -2.03. The summed E-state index contributed by atoms with van der Waals surface area (Å²) in [4.78, 5) is 12.7. The highest BCUT2D eigenvalue weighted by Crippen LogP contribution is 2.28. The zero-order chi connectivity index (χ0) is 14.8. The minimum absolute atomic E-state index is 0.289. The summed E-state index contributed by atoms with van der Waals surface area (Å²) in [5.41, 5.74) is 8.59. The van der Waals surface area contributed by atoms with Gasteiger partial charge in [0.25, 0.3) is 0 Å². The van der Waals surface area contributed by atoms with Crippen LogP contribution in [0.25, 0.3) is 10.1 Å². The maximum atomic E-state index is 12.1. The molecule has 3 rings (SSSR count). The molecule has 1 heterocycles. The van der Waals surface area contributed by atoms with Crippen molar-refractivity contribution in [2.75, 3.05) is 5.73 Å². The molecule has 0 amide bonds. The van der Waals surface area contributed by atoms with Crippen LogP contribution < -0.4 is 5.73 Å². The second-order valence-corrected chi connectivity index (χ2v) is 6.06. The average Bonchev–Trinajstić information content (AvgIpc) is 2.88. The van der Waals surface area contributed by atoms with Crippen molar-refractivity contribution in [1.29, 1.82) is 0 Å². The van der Waals surface area contributed by atoms with E-state index in [2.05, 4.69) is 0 Å². The molecule has 0 aliphatic rings. The standard InChI is InChI=1S/C17H15NO2S/c1-11-3-2-4-12(7-11)10-20-17(19)16-9-13-8-14(18)5-6-15(13)21-16/h2-9H,10,18H2,1H3. The van der Waals surface area contributed by atoms with Gasteiger partial charge in [-0.25, -0.2) is 4.79 Å². The molecule has 0 aliphatic carbocycles. The Labute approximate surface area is 127 Å². The highest BCUT2D eigenvalue weighted by atomic mass is 32.1. The topological polar surface area (TPSA) is 52.3 Å². The third-order valence-electron chi connectivity index (χ3n) is 3.19. The second-order valence-electron chi connectivity index (χ2n) is 4.97. The number of ether oxygens (including phenoxy) is 1. The molecule has 2 N–H and O–H groups in total. The maximum absolute atomic E-state index is 12.1. The summed E-state index contributed by atoms with van der Waals surface area (Å²) in [6.45, 7) is 2.30. The fraction of sp³-hybridized carbons (Fsp3) is 0.118. The monoisotopic (exact) mass is 297 g/mol. The van der Waals surface area contributed by atoms with Crippen molar-refractivity contribution in [1.82, 2.24) is 0 Å². The van der Waals surface area contributed by atoms with Crippen LogP contribution in [0.3, 0.4) is 0 Å². The van der Waals surface area contributed by atoms with Crippen molar-refractivity contribution in [3.8, 4) is 0 Å². The number of rotatable bonds is 3. The highest BCUT2D eigenvalue weighted by Gasteiger charge is 2.12. The molecule has 0 radical (unpaired) electrons. The van der Waals surface area contributed by atoms with Gasteiger partial charge in [-0.3, -0.25) is 0 Å². The van der Waals surface area contributed by atoms with Gasteiger partial charge in [0, 0.05) is 10.4 Å². The first-order valence-corrected chi connectivity index (χ1v) is 7.45. The van der Waals surface area contributed by atoms with Gasteiger partial charge in [-0.15, -0.1) is 11.3 Å². The Morgan fingerprint density at radius 2 is 2.05 bits per heavy atom. The Morgan fingerprint density at radius 3 is 2.86 bits per heavy atom. The average molecular weight is 297 g/mol. The zero-order valence-corrected chi connectivity index (χ0v) is 12.4. The molecule has 0 aliphatic heterocycles. The van der Waals surface area contributed by atoms with Gasteiger partial charge in [0.1, 0.15) is 11.5 Å². The van der Waals surface area contributed by atoms with Crippen LogP contribution in [0, 0.1) is 6.92 Å². The van der Waals surface area contributed by atoms with E-state index in [0.717, 1.165) is 21.2 Å².